The smallest absolute Gasteiger partial charge is 0.333 e. The van der Waals surface area contributed by atoms with Gasteiger partial charge >= 0.3 is 11.9 Å². The van der Waals surface area contributed by atoms with Crippen LogP contribution in [0.1, 0.15) is 19.4 Å². The molecule has 0 radical (unpaired) electrons. The van der Waals surface area contributed by atoms with Gasteiger partial charge in [-0.25, -0.2) is 9.59 Å². The van der Waals surface area contributed by atoms with Crippen LogP contribution in [0.3, 0.4) is 0 Å². The van der Waals surface area contributed by atoms with E-state index in [1.807, 2.05) is 0 Å². The lowest BCUT2D eigenvalue weighted by molar-refractivity contribution is -0.143. The van der Waals surface area contributed by atoms with Crippen LogP contribution in [0.4, 0.5) is 0 Å². The molecule has 3 N–H and O–H groups in total. The average Bonchev–Trinajstić information content (AvgIpc) is 2.72. The molecule has 30 heavy (non-hydrogen) atoms. The number of esters is 2. The van der Waals surface area contributed by atoms with Gasteiger partial charge in [0.2, 0.25) is 0 Å². The molecule has 2 atom stereocenters. The highest BCUT2D eigenvalue weighted by molar-refractivity contribution is 5.87. The molecule has 2 unspecified atom stereocenters. The van der Waals surface area contributed by atoms with E-state index in [-0.39, 0.29) is 44.2 Å². The summed E-state index contributed by atoms with van der Waals surface area (Å²) in [5.74, 6) is -0.631. The number of hydrogen-bond acceptors (Lipinski definition) is 9. The van der Waals surface area contributed by atoms with E-state index < -0.39 is 24.1 Å². The molecular weight excluding hydrogens is 396 g/mol. The fourth-order valence-corrected chi connectivity index (χ4v) is 1.96. The molecule has 9 heteroatoms. The molecule has 9 nitrogen and oxygen atoms in total. The number of rotatable bonds is 13. The van der Waals surface area contributed by atoms with Gasteiger partial charge < -0.3 is 34.3 Å². The highest BCUT2D eigenvalue weighted by Crippen LogP contribution is 2.23. The lowest BCUT2D eigenvalue weighted by Gasteiger charge is -2.16. The summed E-state index contributed by atoms with van der Waals surface area (Å²) in [6.07, 6.45) is -2.14. The Morgan fingerprint density at radius 1 is 0.833 bits per heavy atom. The fraction of sp³-hybridized carbons (Fsp3) is 0.429. The van der Waals surface area contributed by atoms with Crippen molar-refractivity contribution in [3.05, 3.63) is 48.1 Å². The topological polar surface area (TPSA) is 132 Å². The number of carbonyl (C=O) groups excluding carboxylic acids is 2. The molecule has 1 aromatic carbocycles. The highest BCUT2D eigenvalue weighted by atomic mass is 16.6. The number of hydrogen-bond donors (Lipinski definition) is 3. The fourth-order valence-electron chi connectivity index (χ4n) is 1.96. The Balaban J connectivity index is 2.57. The second kappa shape index (κ2) is 12.6. The molecule has 1 rings (SSSR count). The SMILES string of the molecule is C=C(C)C(=O)OCC(O)COc1cc(CO)cc(OCC(O)COC(=O)C(=C)C)c1. The lowest BCUT2D eigenvalue weighted by Crippen LogP contribution is -2.26. The predicted octanol–water partition coefficient (Wildman–Crippen LogP) is 0.897. The zero-order chi connectivity index (χ0) is 22.7. The zero-order valence-corrected chi connectivity index (χ0v) is 17.1. The summed E-state index contributed by atoms with van der Waals surface area (Å²) >= 11 is 0. The molecule has 0 heterocycles. The van der Waals surface area contributed by atoms with Gasteiger partial charge in [0.1, 0.15) is 50.1 Å². The van der Waals surface area contributed by atoms with Crippen LogP contribution in [0.15, 0.2) is 42.5 Å². The first-order valence-corrected chi connectivity index (χ1v) is 9.14. The number of carbonyl (C=O) groups is 2. The van der Waals surface area contributed by atoms with Crippen molar-refractivity contribution in [1.29, 1.82) is 0 Å². The van der Waals surface area contributed by atoms with Gasteiger partial charge in [-0.1, -0.05) is 13.2 Å². The monoisotopic (exact) mass is 424 g/mol. The first-order valence-electron chi connectivity index (χ1n) is 9.14. The van der Waals surface area contributed by atoms with E-state index in [2.05, 4.69) is 13.2 Å². The molecular formula is C21H28O9. The first-order chi connectivity index (χ1) is 14.1. The van der Waals surface area contributed by atoms with E-state index in [1.165, 1.54) is 19.9 Å². The van der Waals surface area contributed by atoms with Gasteiger partial charge in [0, 0.05) is 17.2 Å². The maximum atomic E-state index is 11.3. The molecule has 0 aliphatic rings. The van der Waals surface area contributed by atoms with E-state index in [0.717, 1.165) is 0 Å². The second-order valence-corrected chi connectivity index (χ2v) is 6.66. The van der Waals surface area contributed by atoms with E-state index in [4.69, 9.17) is 18.9 Å². The van der Waals surface area contributed by atoms with Crippen molar-refractivity contribution < 1.29 is 43.9 Å². The minimum Gasteiger partial charge on any atom is -0.491 e. The Morgan fingerprint density at radius 2 is 1.23 bits per heavy atom. The van der Waals surface area contributed by atoms with Crippen LogP contribution < -0.4 is 9.47 Å². The second-order valence-electron chi connectivity index (χ2n) is 6.66. The summed E-state index contributed by atoms with van der Waals surface area (Å²) in [6, 6.07) is 4.59. The summed E-state index contributed by atoms with van der Waals surface area (Å²) in [5.41, 5.74) is 0.920. The normalized spacial score (nSPS) is 12.4. The maximum absolute atomic E-state index is 11.3. The maximum Gasteiger partial charge on any atom is 0.333 e. The van der Waals surface area contributed by atoms with Crippen LogP contribution in [0.2, 0.25) is 0 Å². The molecule has 0 bridgehead atoms. The van der Waals surface area contributed by atoms with Crippen LogP contribution in [-0.4, -0.2) is 65.9 Å². The van der Waals surface area contributed by atoms with Crippen LogP contribution >= 0.6 is 0 Å². The molecule has 1 aromatic rings. The van der Waals surface area contributed by atoms with Gasteiger partial charge in [0.15, 0.2) is 0 Å². The van der Waals surface area contributed by atoms with E-state index in [9.17, 15) is 24.9 Å². The Kier molecular flexibility index (Phi) is 10.6. The van der Waals surface area contributed by atoms with Crippen molar-refractivity contribution in [1.82, 2.24) is 0 Å². The Bertz CT molecular complexity index is 699. The van der Waals surface area contributed by atoms with Crippen molar-refractivity contribution >= 4 is 11.9 Å². The molecule has 0 aliphatic heterocycles. The molecule has 0 amide bonds. The number of aliphatic hydroxyl groups is 3. The van der Waals surface area contributed by atoms with Crippen molar-refractivity contribution in [2.75, 3.05) is 26.4 Å². The Morgan fingerprint density at radius 3 is 1.57 bits per heavy atom. The predicted molar refractivity (Wildman–Crippen MR) is 107 cm³/mol. The molecule has 0 saturated carbocycles. The van der Waals surface area contributed by atoms with Gasteiger partial charge in [-0.3, -0.25) is 0 Å². The van der Waals surface area contributed by atoms with Gasteiger partial charge in [0.05, 0.1) is 6.61 Å². The number of ether oxygens (including phenoxy) is 4. The minimum atomic E-state index is -1.07. The van der Waals surface area contributed by atoms with Crippen LogP contribution in [0.25, 0.3) is 0 Å². The standard InChI is InChI=1S/C21H28O9/c1-13(2)20(25)29-11-16(23)9-27-18-5-15(8-22)6-19(7-18)28-10-17(24)12-30-21(26)14(3)4/h5-7,16-17,22-24H,1,3,8-12H2,2,4H3. The number of benzene rings is 1. The third-order valence-electron chi connectivity index (χ3n) is 3.52. The highest BCUT2D eigenvalue weighted by Gasteiger charge is 2.13. The first kappa shape index (κ1) is 25.2. The summed E-state index contributed by atoms with van der Waals surface area (Å²) < 4.78 is 20.6. The summed E-state index contributed by atoms with van der Waals surface area (Å²) in [6.45, 7) is 8.73. The minimum absolute atomic E-state index is 0.169. The van der Waals surface area contributed by atoms with Crippen LogP contribution in [-0.2, 0) is 25.7 Å². The largest absolute Gasteiger partial charge is 0.491 e. The Labute approximate surface area is 175 Å². The van der Waals surface area contributed by atoms with Gasteiger partial charge in [-0.15, -0.1) is 0 Å². The lowest BCUT2D eigenvalue weighted by atomic mass is 10.2. The third-order valence-corrected chi connectivity index (χ3v) is 3.52. The molecule has 166 valence electrons. The van der Waals surface area contributed by atoms with E-state index >= 15 is 0 Å². The van der Waals surface area contributed by atoms with E-state index in [1.54, 1.807) is 12.1 Å². The molecule has 0 fully saturated rings. The molecule has 0 aromatic heterocycles. The van der Waals surface area contributed by atoms with Crippen molar-refractivity contribution in [3.8, 4) is 11.5 Å². The Hall–Kier alpha value is -2.88. The van der Waals surface area contributed by atoms with E-state index in [0.29, 0.717) is 17.1 Å². The number of aliphatic hydroxyl groups excluding tert-OH is 3. The summed E-state index contributed by atoms with van der Waals surface area (Å²) in [4.78, 5) is 22.6. The van der Waals surface area contributed by atoms with Crippen molar-refractivity contribution in [3.63, 3.8) is 0 Å². The van der Waals surface area contributed by atoms with Crippen molar-refractivity contribution in [2.24, 2.45) is 0 Å². The zero-order valence-electron chi connectivity index (χ0n) is 17.1. The molecule has 0 aliphatic carbocycles. The average molecular weight is 424 g/mol. The molecule has 0 spiro atoms. The quantitative estimate of drug-likeness (QED) is 0.312. The molecule has 0 saturated heterocycles. The summed E-state index contributed by atoms with van der Waals surface area (Å²) in [5, 5.41) is 29.1. The van der Waals surface area contributed by atoms with Crippen LogP contribution in [0, 0.1) is 0 Å². The van der Waals surface area contributed by atoms with Crippen LogP contribution in [0.5, 0.6) is 11.5 Å². The van der Waals surface area contributed by atoms with Gasteiger partial charge in [0.25, 0.3) is 0 Å². The van der Waals surface area contributed by atoms with Gasteiger partial charge in [-0.2, -0.15) is 0 Å². The summed E-state index contributed by atoms with van der Waals surface area (Å²) in [7, 11) is 0. The third kappa shape index (κ3) is 9.55. The van der Waals surface area contributed by atoms with Gasteiger partial charge in [-0.05, 0) is 31.5 Å². The van der Waals surface area contributed by atoms with Crippen molar-refractivity contribution in [2.45, 2.75) is 32.7 Å².